The van der Waals surface area contributed by atoms with Gasteiger partial charge in [0.25, 0.3) is 0 Å². The summed E-state index contributed by atoms with van der Waals surface area (Å²) in [5.74, 6) is 0.476. The first kappa shape index (κ1) is 17.8. The van der Waals surface area contributed by atoms with Crippen molar-refractivity contribution in [2.24, 2.45) is 0 Å². The van der Waals surface area contributed by atoms with Crippen molar-refractivity contribution >= 4 is 22.7 Å². The molecular formula is C21H17N3O4S. The van der Waals surface area contributed by atoms with Crippen molar-refractivity contribution in [2.45, 2.75) is 29.8 Å². The van der Waals surface area contributed by atoms with Crippen LogP contribution in [-0.2, 0) is 18.6 Å². The quantitative estimate of drug-likeness (QED) is 0.398. The Hall–Kier alpha value is -3.26. The molecule has 0 atom stereocenters. The second-order valence-corrected chi connectivity index (χ2v) is 8.01. The zero-order valence-corrected chi connectivity index (χ0v) is 16.1. The molecule has 2 N–H and O–H groups in total. The average Bonchev–Trinajstić information content (AvgIpc) is 3.28. The molecule has 2 heterocycles. The molecule has 1 aliphatic carbocycles. The maximum atomic E-state index is 12.4. The van der Waals surface area contributed by atoms with E-state index in [-0.39, 0.29) is 17.5 Å². The topological polar surface area (TPSA) is 101 Å². The molecule has 0 spiro atoms. The maximum absolute atomic E-state index is 12.4. The molecule has 146 valence electrons. The molecule has 2 aromatic carbocycles. The van der Waals surface area contributed by atoms with Crippen LogP contribution < -0.4 is 11.3 Å². The minimum absolute atomic E-state index is 0.0238. The molecule has 0 bridgehead atoms. The predicted molar refractivity (Wildman–Crippen MR) is 109 cm³/mol. The summed E-state index contributed by atoms with van der Waals surface area (Å²) in [5.41, 5.74) is 2.90. The highest BCUT2D eigenvalue weighted by molar-refractivity contribution is 7.98. The third-order valence-electron chi connectivity index (χ3n) is 5.24. The van der Waals surface area contributed by atoms with Crippen LogP contribution in [-0.4, -0.2) is 19.9 Å². The highest BCUT2D eigenvalue weighted by Crippen LogP contribution is 2.33. The van der Waals surface area contributed by atoms with Gasteiger partial charge in [-0.05, 0) is 41.7 Å². The number of aromatic nitrogens is 3. The number of benzene rings is 2. The van der Waals surface area contributed by atoms with Crippen molar-refractivity contribution in [1.82, 2.24) is 14.8 Å². The van der Waals surface area contributed by atoms with Gasteiger partial charge in [-0.25, -0.2) is 14.7 Å². The molecule has 0 saturated heterocycles. The summed E-state index contributed by atoms with van der Waals surface area (Å²) in [6, 6.07) is 14.4. The summed E-state index contributed by atoms with van der Waals surface area (Å²) in [6.45, 7) is 0. The zero-order valence-electron chi connectivity index (χ0n) is 15.3. The molecule has 7 nitrogen and oxygen atoms in total. The lowest BCUT2D eigenvalue weighted by atomic mass is 10.1. The van der Waals surface area contributed by atoms with Gasteiger partial charge in [-0.1, -0.05) is 36.0 Å². The van der Waals surface area contributed by atoms with Crippen LogP contribution in [0.4, 0.5) is 0 Å². The van der Waals surface area contributed by atoms with E-state index in [2.05, 4.69) is 22.3 Å². The lowest BCUT2D eigenvalue weighted by Gasteiger charge is -2.12. The Morgan fingerprint density at radius 2 is 1.90 bits per heavy atom. The standard InChI is InChI=1S/C21H17N3O4S/c25-16-5-6-17-14(9-19(26)28-18(17)10-16)11-29-21-23-22-20(27)24(21)15-7-12-3-1-2-4-13(12)8-15/h1-6,9-10,15,25H,7-8,11H2,(H,22,27). The normalized spacial score (nSPS) is 13.8. The van der Waals surface area contributed by atoms with Crippen LogP contribution in [0.5, 0.6) is 5.75 Å². The van der Waals surface area contributed by atoms with Crippen molar-refractivity contribution in [3.8, 4) is 5.75 Å². The number of rotatable bonds is 4. The summed E-state index contributed by atoms with van der Waals surface area (Å²) in [5, 5.41) is 17.7. The molecule has 29 heavy (non-hydrogen) atoms. The molecule has 1 aliphatic rings. The Morgan fingerprint density at radius 1 is 1.14 bits per heavy atom. The highest BCUT2D eigenvalue weighted by atomic mass is 32.2. The van der Waals surface area contributed by atoms with Gasteiger partial charge < -0.3 is 9.52 Å². The molecule has 0 unspecified atom stereocenters. The Morgan fingerprint density at radius 3 is 2.66 bits per heavy atom. The minimum Gasteiger partial charge on any atom is -0.508 e. The zero-order chi connectivity index (χ0) is 20.0. The van der Waals surface area contributed by atoms with Gasteiger partial charge in [0.15, 0.2) is 5.16 Å². The van der Waals surface area contributed by atoms with Crippen molar-refractivity contribution in [1.29, 1.82) is 0 Å². The molecule has 0 saturated carbocycles. The second-order valence-electron chi connectivity index (χ2n) is 7.07. The van der Waals surface area contributed by atoms with Gasteiger partial charge in [0.05, 0.1) is 0 Å². The fraction of sp³-hybridized carbons (Fsp3) is 0.190. The predicted octanol–water partition coefficient (Wildman–Crippen LogP) is 3.02. The van der Waals surface area contributed by atoms with Crippen LogP contribution in [0, 0.1) is 0 Å². The van der Waals surface area contributed by atoms with Gasteiger partial charge in [-0.2, -0.15) is 0 Å². The van der Waals surface area contributed by atoms with Gasteiger partial charge in [-0.15, -0.1) is 5.10 Å². The van der Waals surface area contributed by atoms with E-state index in [4.69, 9.17) is 4.42 Å². The molecular weight excluding hydrogens is 390 g/mol. The van der Waals surface area contributed by atoms with E-state index in [1.165, 1.54) is 35.0 Å². The number of fused-ring (bicyclic) bond motifs is 2. The molecule has 0 radical (unpaired) electrons. The van der Waals surface area contributed by atoms with Gasteiger partial charge in [0.2, 0.25) is 0 Å². The van der Waals surface area contributed by atoms with E-state index in [0.29, 0.717) is 16.5 Å². The monoisotopic (exact) mass is 407 g/mol. The molecule has 0 amide bonds. The van der Waals surface area contributed by atoms with Gasteiger partial charge in [0.1, 0.15) is 11.3 Å². The van der Waals surface area contributed by atoms with E-state index in [9.17, 15) is 14.7 Å². The van der Waals surface area contributed by atoms with Crippen molar-refractivity contribution in [3.05, 3.63) is 86.1 Å². The van der Waals surface area contributed by atoms with Crippen LogP contribution in [0.3, 0.4) is 0 Å². The minimum atomic E-state index is -0.482. The van der Waals surface area contributed by atoms with Crippen molar-refractivity contribution in [2.75, 3.05) is 0 Å². The van der Waals surface area contributed by atoms with E-state index in [0.717, 1.165) is 23.8 Å². The van der Waals surface area contributed by atoms with E-state index < -0.39 is 5.63 Å². The van der Waals surface area contributed by atoms with Gasteiger partial charge in [-0.3, -0.25) is 4.57 Å². The molecule has 0 aliphatic heterocycles. The fourth-order valence-corrected chi connectivity index (χ4v) is 4.92. The number of thioether (sulfide) groups is 1. The number of phenols is 1. The van der Waals surface area contributed by atoms with E-state index in [1.54, 1.807) is 16.7 Å². The number of nitrogens with zero attached hydrogens (tertiary/aromatic N) is 2. The first-order valence-electron chi connectivity index (χ1n) is 9.21. The molecule has 2 aromatic heterocycles. The Bertz CT molecular complexity index is 1310. The Labute approximate surface area is 169 Å². The largest absolute Gasteiger partial charge is 0.508 e. The second kappa shape index (κ2) is 6.97. The first-order chi connectivity index (χ1) is 14.1. The first-order valence-corrected chi connectivity index (χ1v) is 10.2. The van der Waals surface area contributed by atoms with Crippen LogP contribution in [0.15, 0.2) is 67.7 Å². The van der Waals surface area contributed by atoms with Crippen LogP contribution in [0.25, 0.3) is 11.0 Å². The molecule has 5 rings (SSSR count). The summed E-state index contributed by atoms with van der Waals surface area (Å²) >= 11 is 1.39. The third-order valence-corrected chi connectivity index (χ3v) is 6.24. The highest BCUT2D eigenvalue weighted by Gasteiger charge is 2.26. The molecule has 8 heteroatoms. The van der Waals surface area contributed by atoms with Gasteiger partial charge in [0, 0.05) is 29.3 Å². The van der Waals surface area contributed by atoms with Crippen molar-refractivity contribution < 1.29 is 9.52 Å². The van der Waals surface area contributed by atoms with E-state index in [1.807, 2.05) is 12.1 Å². The average molecular weight is 407 g/mol. The number of nitrogens with one attached hydrogen (secondary N) is 1. The number of H-pyrrole nitrogens is 1. The number of hydrogen-bond donors (Lipinski definition) is 2. The summed E-state index contributed by atoms with van der Waals surface area (Å²) in [7, 11) is 0. The van der Waals surface area contributed by atoms with Gasteiger partial charge >= 0.3 is 11.3 Å². The Kier molecular flexibility index (Phi) is 4.28. The van der Waals surface area contributed by atoms with Crippen LogP contribution >= 0.6 is 11.8 Å². The Balaban J connectivity index is 1.44. The smallest absolute Gasteiger partial charge is 0.344 e. The fourth-order valence-electron chi connectivity index (χ4n) is 3.91. The number of hydrogen-bond acceptors (Lipinski definition) is 6. The summed E-state index contributed by atoms with van der Waals surface area (Å²) in [4.78, 5) is 24.3. The van der Waals surface area contributed by atoms with Crippen molar-refractivity contribution in [3.63, 3.8) is 0 Å². The SMILES string of the molecule is O=c1cc(CSc2n[nH]c(=O)n2C2Cc3ccccc3C2)c2ccc(O)cc2o1. The molecule has 0 fully saturated rings. The molecule has 4 aromatic rings. The van der Waals surface area contributed by atoms with E-state index >= 15 is 0 Å². The third kappa shape index (κ3) is 3.25. The maximum Gasteiger partial charge on any atom is 0.344 e. The lowest BCUT2D eigenvalue weighted by Crippen LogP contribution is -2.23. The van der Waals surface area contributed by atoms with Crippen LogP contribution in [0.1, 0.15) is 22.7 Å². The summed E-state index contributed by atoms with van der Waals surface area (Å²) < 4.78 is 6.89. The number of phenolic OH excluding ortho intramolecular Hbond substituents is 1. The number of aromatic amines is 1. The number of aromatic hydroxyl groups is 1. The lowest BCUT2D eigenvalue weighted by molar-refractivity contribution is 0.473. The summed E-state index contributed by atoms with van der Waals surface area (Å²) in [6.07, 6.45) is 1.58. The van der Waals surface area contributed by atoms with Crippen LogP contribution in [0.2, 0.25) is 0 Å².